The molecule has 2 aliphatic rings. The van der Waals surface area contributed by atoms with E-state index in [0.29, 0.717) is 6.10 Å². The molecule has 2 atom stereocenters. The lowest BCUT2D eigenvalue weighted by Gasteiger charge is -2.38. The molecule has 2 heterocycles. The van der Waals surface area contributed by atoms with Gasteiger partial charge in [0.2, 0.25) is 0 Å². The summed E-state index contributed by atoms with van der Waals surface area (Å²) in [6.45, 7) is 2.88. The normalized spacial score (nSPS) is 26.2. The number of rotatable bonds is 4. The lowest BCUT2D eigenvalue weighted by molar-refractivity contribution is -0.0992. The van der Waals surface area contributed by atoms with Crippen molar-refractivity contribution in [3.8, 4) is 0 Å². The molecule has 2 fully saturated rings. The van der Waals surface area contributed by atoms with Gasteiger partial charge in [-0.3, -0.25) is 4.90 Å². The number of aromatic nitrogens is 2. The molecule has 4 heteroatoms. The van der Waals surface area contributed by atoms with Crippen LogP contribution in [0.4, 0.5) is 0 Å². The van der Waals surface area contributed by atoms with Crippen molar-refractivity contribution >= 4 is 0 Å². The van der Waals surface area contributed by atoms with Crippen LogP contribution in [-0.2, 0) is 18.3 Å². The molecule has 1 saturated carbocycles. The Hall–Kier alpha value is -1.65. The average molecular weight is 297 g/mol. The van der Waals surface area contributed by atoms with E-state index in [-0.39, 0.29) is 6.10 Å². The molecular weight excluding hydrogens is 274 g/mol. The van der Waals surface area contributed by atoms with Crippen LogP contribution in [0.1, 0.15) is 30.3 Å². The van der Waals surface area contributed by atoms with Gasteiger partial charge in [0, 0.05) is 32.5 Å². The summed E-state index contributed by atoms with van der Waals surface area (Å²) in [6, 6.07) is 10.6. The third-order valence-corrected chi connectivity index (χ3v) is 4.81. The molecule has 0 bridgehead atoms. The summed E-state index contributed by atoms with van der Waals surface area (Å²) in [4.78, 5) is 6.98. The summed E-state index contributed by atoms with van der Waals surface area (Å²) in [5.41, 5.74) is 1.29. The van der Waals surface area contributed by atoms with Crippen molar-refractivity contribution in [1.29, 1.82) is 0 Å². The largest absolute Gasteiger partial charge is 0.367 e. The second-order valence-corrected chi connectivity index (χ2v) is 6.56. The van der Waals surface area contributed by atoms with Gasteiger partial charge >= 0.3 is 0 Å². The van der Waals surface area contributed by atoms with E-state index in [9.17, 15) is 0 Å². The molecule has 22 heavy (non-hydrogen) atoms. The van der Waals surface area contributed by atoms with Crippen LogP contribution in [0.15, 0.2) is 42.7 Å². The van der Waals surface area contributed by atoms with Gasteiger partial charge in [-0.2, -0.15) is 0 Å². The van der Waals surface area contributed by atoms with Gasteiger partial charge in [0.15, 0.2) is 0 Å². The average Bonchev–Trinajstić information content (AvgIpc) is 3.33. The molecule has 0 N–H and O–H groups in total. The Balaban J connectivity index is 1.52. The summed E-state index contributed by atoms with van der Waals surface area (Å²) in [5.74, 6) is 1.89. The molecule has 4 nitrogen and oxygen atoms in total. The first-order valence-corrected chi connectivity index (χ1v) is 8.18. The van der Waals surface area contributed by atoms with Crippen LogP contribution in [-0.4, -0.2) is 33.6 Å². The minimum atomic E-state index is 0.181. The van der Waals surface area contributed by atoms with Gasteiger partial charge < -0.3 is 9.30 Å². The van der Waals surface area contributed by atoms with E-state index in [0.717, 1.165) is 31.4 Å². The van der Waals surface area contributed by atoms with Crippen LogP contribution in [0.3, 0.4) is 0 Å². The quantitative estimate of drug-likeness (QED) is 0.869. The molecular formula is C18H23N3O. The first kappa shape index (κ1) is 14.0. The number of hydrogen-bond acceptors (Lipinski definition) is 3. The van der Waals surface area contributed by atoms with Crippen molar-refractivity contribution in [2.24, 2.45) is 13.0 Å². The van der Waals surface area contributed by atoms with Crippen molar-refractivity contribution in [3.63, 3.8) is 0 Å². The molecule has 4 rings (SSSR count). The fourth-order valence-electron chi connectivity index (χ4n) is 3.32. The molecule has 1 aliphatic carbocycles. The van der Waals surface area contributed by atoms with Gasteiger partial charge in [-0.25, -0.2) is 4.98 Å². The van der Waals surface area contributed by atoms with Gasteiger partial charge in [0.25, 0.3) is 0 Å². The molecule has 1 aromatic carbocycles. The number of morpholine rings is 1. The standard InChI is InChI=1S/C18H23N3O/c1-20-10-9-19-18(20)13-21-11-16(14-5-3-2-4-6-14)22-17(12-21)15-7-8-15/h2-6,9-10,15-17H,7-8,11-13H2,1H3/t16-,17+/m0/s1. The van der Waals surface area contributed by atoms with Crippen LogP contribution in [0.25, 0.3) is 0 Å². The van der Waals surface area contributed by atoms with Crippen molar-refractivity contribution in [2.75, 3.05) is 13.1 Å². The Morgan fingerprint density at radius 1 is 1.18 bits per heavy atom. The highest BCUT2D eigenvalue weighted by Crippen LogP contribution is 2.39. The second kappa shape index (κ2) is 5.86. The summed E-state index contributed by atoms with van der Waals surface area (Å²) in [6.07, 6.45) is 7.09. The molecule has 0 radical (unpaired) electrons. The lowest BCUT2D eigenvalue weighted by atomic mass is 10.0. The summed E-state index contributed by atoms with van der Waals surface area (Å²) < 4.78 is 8.52. The molecule has 0 unspecified atom stereocenters. The van der Waals surface area contributed by atoms with E-state index in [4.69, 9.17) is 4.74 Å². The van der Waals surface area contributed by atoms with Gasteiger partial charge in [0.1, 0.15) is 5.82 Å². The first-order valence-electron chi connectivity index (χ1n) is 8.18. The van der Waals surface area contributed by atoms with Gasteiger partial charge in [0.05, 0.1) is 18.8 Å². The van der Waals surface area contributed by atoms with E-state index in [1.165, 1.54) is 18.4 Å². The zero-order chi connectivity index (χ0) is 14.9. The fourth-order valence-corrected chi connectivity index (χ4v) is 3.32. The molecule has 1 aliphatic heterocycles. The van der Waals surface area contributed by atoms with E-state index in [1.807, 2.05) is 12.4 Å². The predicted molar refractivity (Wildman–Crippen MR) is 85.3 cm³/mol. The third kappa shape index (κ3) is 2.94. The van der Waals surface area contributed by atoms with E-state index in [1.54, 1.807) is 0 Å². The molecule has 0 spiro atoms. The smallest absolute Gasteiger partial charge is 0.122 e. The number of hydrogen-bond donors (Lipinski definition) is 0. The predicted octanol–water partition coefficient (Wildman–Crippen LogP) is 2.77. The fraction of sp³-hybridized carbons (Fsp3) is 0.500. The van der Waals surface area contributed by atoms with Gasteiger partial charge in [-0.1, -0.05) is 30.3 Å². The van der Waals surface area contributed by atoms with E-state index in [2.05, 4.69) is 51.8 Å². The molecule has 0 amide bonds. The number of aryl methyl sites for hydroxylation is 1. The summed E-state index contributed by atoms with van der Waals surface area (Å²) in [7, 11) is 2.07. The molecule has 1 saturated heterocycles. The highest BCUT2D eigenvalue weighted by molar-refractivity contribution is 5.18. The number of nitrogens with zero attached hydrogens (tertiary/aromatic N) is 3. The highest BCUT2D eigenvalue weighted by atomic mass is 16.5. The van der Waals surface area contributed by atoms with Crippen LogP contribution < -0.4 is 0 Å². The second-order valence-electron chi connectivity index (χ2n) is 6.56. The lowest BCUT2D eigenvalue weighted by Crippen LogP contribution is -2.44. The first-order chi connectivity index (χ1) is 10.8. The van der Waals surface area contributed by atoms with Crippen LogP contribution in [0.5, 0.6) is 0 Å². The van der Waals surface area contributed by atoms with Crippen molar-refractivity contribution in [3.05, 3.63) is 54.1 Å². The Morgan fingerprint density at radius 2 is 2.00 bits per heavy atom. The van der Waals surface area contributed by atoms with Crippen LogP contribution >= 0.6 is 0 Å². The Morgan fingerprint density at radius 3 is 2.68 bits per heavy atom. The zero-order valence-corrected chi connectivity index (χ0v) is 13.1. The minimum Gasteiger partial charge on any atom is -0.367 e. The molecule has 116 valence electrons. The topological polar surface area (TPSA) is 30.3 Å². The summed E-state index contributed by atoms with van der Waals surface area (Å²) >= 11 is 0. The Bertz CT molecular complexity index is 620. The molecule has 1 aromatic heterocycles. The van der Waals surface area contributed by atoms with E-state index < -0.39 is 0 Å². The Labute approximate surface area is 131 Å². The number of imidazole rings is 1. The maximum Gasteiger partial charge on any atom is 0.122 e. The van der Waals surface area contributed by atoms with Crippen molar-refractivity contribution in [1.82, 2.24) is 14.5 Å². The Kier molecular flexibility index (Phi) is 3.72. The minimum absolute atomic E-state index is 0.181. The highest BCUT2D eigenvalue weighted by Gasteiger charge is 2.38. The van der Waals surface area contributed by atoms with Crippen molar-refractivity contribution in [2.45, 2.75) is 31.6 Å². The van der Waals surface area contributed by atoms with Crippen molar-refractivity contribution < 1.29 is 4.74 Å². The SMILES string of the molecule is Cn1ccnc1CN1C[C@@H](c2ccccc2)O[C@@H](C2CC2)C1. The van der Waals surface area contributed by atoms with Crippen LogP contribution in [0.2, 0.25) is 0 Å². The third-order valence-electron chi connectivity index (χ3n) is 4.81. The zero-order valence-electron chi connectivity index (χ0n) is 13.1. The number of benzene rings is 1. The monoisotopic (exact) mass is 297 g/mol. The maximum absolute atomic E-state index is 6.41. The maximum atomic E-state index is 6.41. The van der Waals surface area contributed by atoms with E-state index >= 15 is 0 Å². The molecule has 2 aromatic rings. The van der Waals surface area contributed by atoms with Crippen LogP contribution in [0, 0.1) is 5.92 Å². The summed E-state index contributed by atoms with van der Waals surface area (Å²) in [5, 5.41) is 0. The van der Waals surface area contributed by atoms with Gasteiger partial charge in [-0.15, -0.1) is 0 Å². The number of ether oxygens (including phenoxy) is 1. The van der Waals surface area contributed by atoms with Gasteiger partial charge in [-0.05, 0) is 24.3 Å².